The summed E-state index contributed by atoms with van der Waals surface area (Å²) in [6.07, 6.45) is 2.18. The summed E-state index contributed by atoms with van der Waals surface area (Å²) in [5.41, 5.74) is 4.63. The molecule has 0 aliphatic carbocycles. The van der Waals surface area contributed by atoms with Crippen molar-refractivity contribution in [1.29, 1.82) is 0 Å². The van der Waals surface area contributed by atoms with Gasteiger partial charge in [0.2, 0.25) is 0 Å². The maximum atomic E-state index is 12.2. The number of halogens is 1. The summed E-state index contributed by atoms with van der Waals surface area (Å²) in [5.74, 6) is -0.107. The third-order valence-corrected chi connectivity index (χ3v) is 4.71. The highest BCUT2D eigenvalue weighted by atomic mass is 79.9. The van der Waals surface area contributed by atoms with Crippen LogP contribution in [0.15, 0.2) is 34.8 Å². The molecule has 1 saturated heterocycles. The molecule has 24 heavy (non-hydrogen) atoms. The highest BCUT2D eigenvalue weighted by molar-refractivity contribution is 9.10. The molecule has 0 spiro atoms. The summed E-state index contributed by atoms with van der Waals surface area (Å²) in [6, 6.07) is 7.86. The van der Waals surface area contributed by atoms with Crippen LogP contribution in [0.3, 0.4) is 0 Å². The SMILES string of the molecule is O=C(NCCC[NH+]1CCOCC1)[C@H]1C=C(c2cccc(Br)c2)NO1. The number of benzene rings is 1. The van der Waals surface area contributed by atoms with E-state index in [2.05, 4.69) is 26.7 Å². The minimum atomic E-state index is -0.588. The first-order valence-corrected chi connectivity index (χ1v) is 9.10. The Kier molecular flexibility index (Phi) is 6.25. The molecule has 7 heteroatoms. The molecule has 1 aromatic carbocycles. The van der Waals surface area contributed by atoms with Crippen molar-refractivity contribution in [2.75, 3.05) is 39.4 Å². The molecular weight excluding hydrogens is 374 g/mol. The molecule has 0 aromatic heterocycles. The Labute approximate surface area is 150 Å². The van der Waals surface area contributed by atoms with Gasteiger partial charge in [0, 0.05) is 23.0 Å². The first-order chi connectivity index (χ1) is 11.7. The molecular formula is C17H23BrN3O3+. The Morgan fingerprint density at radius 2 is 2.21 bits per heavy atom. The first-order valence-electron chi connectivity index (χ1n) is 8.31. The van der Waals surface area contributed by atoms with E-state index < -0.39 is 6.10 Å². The fourth-order valence-electron chi connectivity index (χ4n) is 2.85. The van der Waals surface area contributed by atoms with E-state index in [1.807, 2.05) is 30.3 Å². The standard InChI is InChI=1S/C17H22BrN3O3/c18-14-4-1-3-13(11-14)15-12-16(24-20-15)17(22)19-5-2-6-21-7-9-23-10-8-21/h1,3-4,11-12,16,20H,2,5-10H2,(H,19,22)/p+1/t16-/m1/s1. The van der Waals surface area contributed by atoms with Gasteiger partial charge in [-0.15, -0.1) is 0 Å². The summed E-state index contributed by atoms with van der Waals surface area (Å²) in [5, 5.41) is 2.95. The van der Waals surface area contributed by atoms with Crippen molar-refractivity contribution in [3.05, 3.63) is 40.4 Å². The van der Waals surface area contributed by atoms with Crippen LogP contribution < -0.4 is 15.7 Å². The number of morpholine rings is 1. The molecule has 130 valence electrons. The van der Waals surface area contributed by atoms with Gasteiger partial charge in [0.15, 0.2) is 6.10 Å². The van der Waals surface area contributed by atoms with Crippen LogP contribution in [0, 0.1) is 0 Å². The zero-order chi connectivity index (χ0) is 16.8. The third-order valence-electron chi connectivity index (χ3n) is 4.21. The van der Waals surface area contributed by atoms with Crippen LogP contribution >= 0.6 is 15.9 Å². The van der Waals surface area contributed by atoms with Gasteiger partial charge >= 0.3 is 0 Å². The van der Waals surface area contributed by atoms with Gasteiger partial charge in [0.25, 0.3) is 5.91 Å². The maximum absolute atomic E-state index is 12.2. The Morgan fingerprint density at radius 1 is 1.38 bits per heavy atom. The van der Waals surface area contributed by atoms with Crippen LogP contribution in [0.25, 0.3) is 5.70 Å². The van der Waals surface area contributed by atoms with Gasteiger partial charge in [-0.1, -0.05) is 28.1 Å². The lowest BCUT2D eigenvalue weighted by Gasteiger charge is -2.23. The average Bonchev–Trinajstić information content (AvgIpc) is 3.10. The zero-order valence-corrected chi connectivity index (χ0v) is 15.1. The molecule has 0 unspecified atom stereocenters. The molecule has 2 heterocycles. The molecule has 1 atom stereocenters. The molecule has 3 N–H and O–H groups in total. The number of amides is 1. The van der Waals surface area contributed by atoms with Gasteiger partial charge in [-0.05, 0) is 18.2 Å². The number of hydroxylamine groups is 1. The minimum Gasteiger partial charge on any atom is -0.370 e. The van der Waals surface area contributed by atoms with Gasteiger partial charge in [-0.25, -0.2) is 0 Å². The minimum absolute atomic E-state index is 0.107. The van der Waals surface area contributed by atoms with Crippen LogP contribution in [-0.4, -0.2) is 51.4 Å². The van der Waals surface area contributed by atoms with Gasteiger partial charge in [0.05, 0.1) is 25.5 Å². The van der Waals surface area contributed by atoms with Crippen molar-refractivity contribution in [1.82, 2.24) is 10.8 Å². The number of ether oxygens (including phenoxy) is 1. The van der Waals surface area contributed by atoms with Crippen LogP contribution in [-0.2, 0) is 14.4 Å². The smallest absolute Gasteiger partial charge is 0.256 e. The van der Waals surface area contributed by atoms with Gasteiger partial charge < -0.3 is 15.0 Å². The molecule has 2 aliphatic heterocycles. The Hall–Kier alpha value is -1.41. The number of hydrogen-bond acceptors (Lipinski definition) is 4. The summed E-state index contributed by atoms with van der Waals surface area (Å²) < 4.78 is 6.33. The van der Waals surface area contributed by atoms with Crippen molar-refractivity contribution in [2.24, 2.45) is 0 Å². The molecule has 1 fully saturated rings. The molecule has 2 aliphatic rings. The largest absolute Gasteiger partial charge is 0.370 e. The number of quaternary nitrogens is 1. The van der Waals surface area contributed by atoms with E-state index >= 15 is 0 Å². The van der Waals surface area contributed by atoms with E-state index in [1.165, 1.54) is 0 Å². The number of hydrogen-bond donors (Lipinski definition) is 3. The number of rotatable bonds is 6. The second-order valence-electron chi connectivity index (χ2n) is 5.99. The van der Waals surface area contributed by atoms with E-state index in [-0.39, 0.29) is 5.91 Å². The molecule has 1 aromatic rings. The molecule has 0 radical (unpaired) electrons. The lowest BCUT2D eigenvalue weighted by Crippen LogP contribution is -3.14. The van der Waals surface area contributed by atoms with Gasteiger partial charge in [-0.2, -0.15) is 0 Å². The van der Waals surface area contributed by atoms with Crippen LogP contribution in [0.5, 0.6) is 0 Å². The number of carbonyl (C=O) groups is 1. The topological polar surface area (TPSA) is 64.0 Å². The monoisotopic (exact) mass is 396 g/mol. The molecule has 1 amide bonds. The number of carbonyl (C=O) groups excluding carboxylic acids is 1. The lowest BCUT2D eigenvalue weighted by atomic mass is 10.1. The zero-order valence-electron chi connectivity index (χ0n) is 13.5. The molecule has 0 bridgehead atoms. The lowest BCUT2D eigenvalue weighted by molar-refractivity contribution is -0.908. The number of nitrogens with one attached hydrogen (secondary N) is 3. The Morgan fingerprint density at radius 3 is 3.00 bits per heavy atom. The Bertz CT molecular complexity index is 602. The van der Waals surface area contributed by atoms with Gasteiger partial charge in [-0.3, -0.25) is 15.1 Å². The summed E-state index contributed by atoms with van der Waals surface area (Å²) >= 11 is 3.44. The van der Waals surface area contributed by atoms with Crippen molar-refractivity contribution >= 4 is 27.5 Å². The van der Waals surface area contributed by atoms with Gasteiger partial charge in [0.1, 0.15) is 13.1 Å². The first kappa shape index (κ1) is 17.4. The predicted octanol–water partition coefficient (Wildman–Crippen LogP) is 0.115. The molecule has 6 nitrogen and oxygen atoms in total. The molecule has 3 rings (SSSR count). The predicted molar refractivity (Wildman–Crippen MR) is 94.1 cm³/mol. The summed E-state index contributed by atoms with van der Waals surface area (Å²) in [7, 11) is 0. The van der Waals surface area contributed by atoms with E-state index in [0.29, 0.717) is 6.54 Å². The second-order valence-corrected chi connectivity index (χ2v) is 6.90. The van der Waals surface area contributed by atoms with Crippen molar-refractivity contribution in [3.63, 3.8) is 0 Å². The maximum Gasteiger partial charge on any atom is 0.256 e. The molecule has 0 saturated carbocycles. The fraction of sp³-hybridized carbons (Fsp3) is 0.471. The second kappa shape index (κ2) is 8.62. The van der Waals surface area contributed by atoms with E-state index in [4.69, 9.17) is 9.57 Å². The third kappa shape index (κ3) is 4.80. The van der Waals surface area contributed by atoms with E-state index in [1.54, 1.807) is 4.90 Å². The summed E-state index contributed by atoms with van der Waals surface area (Å²) in [4.78, 5) is 19.1. The highest BCUT2D eigenvalue weighted by Crippen LogP contribution is 2.21. The van der Waals surface area contributed by atoms with Crippen molar-refractivity contribution in [3.8, 4) is 0 Å². The van der Waals surface area contributed by atoms with Crippen molar-refractivity contribution < 1.29 is 19.3 Å². The van der Waals surface area contributed by atoms with Crippen LogP contribution in [0.2, 0.25) is 0 Å². The van der Waals surface area contributed by atoms with E-state index in [0.717, 1.165) is 55.0 Å². The van der Waals surface area contributed by atoms with Crippen LogP contribution in [0.4, 0.5) is 0 Å². The summed E-state index contributed by atoms with van der Waals surface area (Å²) in [6.45, 7) is 5.53. The Balaban J connectivity index is 1.42. The average molecular weight is 397 g/mol. The highest BCUT2D eigenvalue weighted by Gasteiger charge is 2.24. The van der Waals surface area contributed by atoms with E-state index in [9.17, 15) is 4.79 Å². The normalized spacial score (nSPS) is 21.2. The van der Waals surface area contributed by atoms with Crippen molar-refractivity contribution in [2.45, 2.75) is 12.5 Å². The van der Waals surface area contributed by atoms with Crippen LogP contribution in [0.1, 0.15) is 12.0 Å². The quantitative estimate of drug-likeness (QED) is 0.597. The fourth-order valence-corrected chi connectivity index (χ4v) is 3.25.